The highest BCUT2D eigenvalue weighted by atomic mass is 16.3. The van der Waals surface area contributed by atoms with Crippen LogP contribution in [0.2, 0.25) is 0 Å². The lowest BCUT2D eigenvalue weighted by Crippen LogP contribution is -2.00. The van der Waals surface area contributed by atoms with Gasteiger partial charge in [0, 0.05) is 39.3 Å². The van der Waals surface area contributed by atoms with Crippen LogP contribution in [0, 0.1) is 0 Å². The molecule has 4 heterocycles. The summed E-state index contributed by atoms with van der Waals surface area (Å²) in [5.74, 6) is 1.89. The largest absolute Gasteiger partial charge is 0.438 e. The topological polar surface area (TPSA) is 82.5 Å². The molecule has 9 rings (SSSR count). The molecule has 44 heavy (non-hydrogen) atoms. The van der Waals surface area contributed by atoms with Gasteiger partial charge in [-0.1, -0.05) is 78.9 Å². The molecule has 0 aliphatic heterocycles. The quantitative estimate of drug-likeness (QED) is 0.212. The van der Waals surface area contributed by atoms with E-state index in [1.165, 1.54) is 6.33 Å². The predicted octanol–water partition coefficient (Wildman–Crippen LogP) is 8.66. The number of nitrogens with zero attached hydrogens (tertiary/aromatic N) is 6. The minimum atomic E-state index is 0.577. The van der Waals surface area contributed by atoms with Crippen LogP contribution >= 0.6 is 0 Å². The van der Waals surface area contributed by atoms with Gasteiger partial charge in [0.15, 0.2) is 17.5 Å². The van der Waals surface area contributed by atoms with Crippen LogP contribution in [0.3, 0.4) is 0 Å². The molecule has 0 saturated heterocycles. The van der Waals surface area contributed by atoms with Gasteiger partial charge in [-0.3, -0.25) is 0 Å². The minimum Gasteiger partial charge on any atom is -0.438 e. The zero-order valence-corrected chi connectivity index (χ0v) is 23.3. The number of hydrogen-bond donors (Lipinski definition) is 0. The summed E-state index contributed by atoms with van der Waals surface area (Å²) in [5, 5.41) is 4.19. The van der Waals surface area contributed by atoms with E-state index in [2.05, 4.69) is 69.1 Å². The Kier molecular flexibility index (Phi) is 5.36. The molecule has 5 aromatic carbocycles. The summed E-state index contributed by atoms with van der Waals surface area (Å²) in [6, 6.07) is 41.0. The van der Waals surface area contributed by atoms with E-state index in [4.69, 9.17) is 19.4 Å². The van der Waals surface area contributed by atoms with Crippen LogP contribution in [0.4, 0.5) is 0 Å². The number of furan rings is 1. The van der Waals surface area contributed by atoms with Crippen LogP contribution in [-0.2, 0) is 0 Å². The summed E-state index contributed by atoms with van der Waals surface area (Å²) in [5.41, 5.74) is 7.31. The Morgan fingerprint density at radius 2 is 1.14 bits per heavy atom. The molecule has 4 aromatic heterocycles. The molecular formula is C37H22N6O. The van der Waals surface area contributed by atoms with Gasteiger partial charge in [-0.15, -0.1) is 0 Å². The number of fused-ring (bicyclic) bond motifs is 7. The molecule has 0 spiro atoms. The maximum absolute atomic E-state index is 6.13. The fraction of sp³-hybridized carbons (Fsp3) is 0. The van der Waals surface area contributed by atoms with Crippen molar-refractivity contribution in [3.8, 4) is 39.9 Å². The number of hydrogen-bond acceptors (Lipinski definition) is 6. The molecule has 7 nitrogen and oxygen atoms in total. The van der Waals surface area contributed by atoms with Crippen LogP contribution in [-0.4, -0.2) is 29.5 Å². The Morgan fingerprint density at radius 1 is 0.523 bits per heavy atom. The summed E-state index contributed by atoms with van der Waals surface area (Å²) >= 11 is 0. The molecule has 0 unspecified atom stereocenters. The van der Waals surface area contributed by atoms with Gasteiger partial charge in [-0.2, -0.15) is 0 Å². The Hall–Kier alpha value is -6.21. The Bertz CT molecular complexity index is 2430. The molecule has 0 fully saturated rings. The SMILES string of the molecule is c1ccc(-c2nc(-c3ccccc3)nc(-c3ccc(-n4c5ccccc5c5ccc6oc7ncncc7c6c54)cc3)n2)cc1. The van der Waals surface area contributed by atoms with Crippen LogP contribution < -0.4 is 0 Å². The fourth-order valence-corrected chi connectivity index (χ4v) is 6.03. The maximum Gasteiger partial charge on any atom is 0.230 e. The van der Waals surface area contributed by atoms with Crippen molar-refractivity contribution in [2.45, 2.75) is 0 Å². The van der Waals surface area contributed by atoms with Gasteiger partial charge in [0.2, 0.25) is 5.71 Å². The van der Waals surface area contributed by atoms with E-state index >= 15 is 0 Å². The van der Waals surface area contributed by atoms with Crippen LogP contribution in [0.25, 0.3) is 83.7 Å². The average Bonchev–Trinajstić information content (AvgIpc) is 3.65. The molecule has 0 atom stereocenters. The monoisotopic (exact) mass is 566 g/mol. The highest BCUT2D eigenvalue weighted by Crippen LogP contribution is 2.40. The lowest BCUT2D eigenvalue weighted by atomic mass is 10.1. The van der Waals surface area contributed by atoms with Crippen molar-refractivity contribution in [2.24, 2.45) is 0 Å². The number of para-hydroxylation sites is 1. The average molecular weight is 567 g/mol. The lowest BCUT2D eigenvalue weighted by Gasteiger charge is -2.11. The molecule has 0 bridgehead atoms. The normalized spacial score (nSPS) is 11.6. The second-order valence-electron chi connectivity index (χ2n) is 10.6. The Labute approximate surface area is 251 Å². The van der Waals surface area contributed by atoms with Crippen molar-refractivity contribution in [2.75, 3.05) is 0 Å². The van der Waals surface area contributed by atoms with Gasteiger partial charge in [-0.05, 0) is 42.5 Å². The highest BCUT2D eigenvalue weighted by molar-refractivity contribution is 6.24. The second kappa shape index (κ2) is 9.68. The second-order valence-corrected chi connectivity index (χ2v) is 10.6. The Morgan fingerprint density at radius 3 is 1.82 bits per heavy atom. The summed E-state index contributed by atoms with van der Waals surface area (Å²) in [6.07, 6.45) is 3.35. The van der Waals surface area contributed by atoms with Gasteiger partial charge in [0.1, 0.15) is 11.9 Å². The molecule has 9 aromatic rings. The van der Waals surface area contributed by atoms with Crippen LogP contribution in [0.15, 0.2) is 138 Å². The molecule has 0 N–H and O–H groups in total. The molecule has 0 aliphatic carbocycles. The van der Waals surface area contributed by atoms with E-state index in [1.54, 1.807) is 0 Å². The third-order valence-electron chi connectivity index (χ3n) is 8.03. The molecule has 206 valence electrons. The van der Waals surface area contributed by atoms with E-state index in [0.717, 1.165) is 60.5 Å². The van der Waals surface area contributed by atoms with Gasteiger partial charge in [0.05, 0.1) is 21.8 Å². The molecule has 7 heteroatoms. The number of rotatable bonds is 4. The highest BCUT2D eigenvalue weighted by Gasteiger charge is 2.20. The first kappa shape index (κ1) is 24.4. The van der Waals surface area contributed by atoms with Gasteiger partial charge >= 0.3 is 0 Å². The smallest absolute Gasteiger partial charge is 0.230 e. The summed E-state index contributed by atoms with van der Waals surface area (Å²) < 4.78 is 8.42. The van der Waals surface area contributed by atoms with Crippen molar-refractivity contribution in [1.29, 1.82) is 0 Å². The van der Waals surface area contributed by atoms with E-state index in [9.17, 15) is 0 Å². The molecule has 0 aliphatic rings. The van der Waals surface area contributed by atoms with Crippen LogP contribution in [0.1, 0.15) is 0 Å². The van der Waals surface area contributed by atoms with Crippen molar-refractivity contribution in [3.63, 3.8) is 0 Å². The van der Waals surface area contributed by atoms with Gasteiger partial charge in [-0.25, -0.2) is 24.9 Å². The lowest BCUT2D eigenvalue weighted by molar-refractivity contribution is 0.653. The van der Waals surface area contributed by atoms with E-state index in [-0.39, 0.29) is 0 Å². The minimum absolute atomic E-state index is 0.577. The first-order valence-corrected chi connectivity index (χ1v) is 14.3. The summed E-state index contributed by atoms with van der Waals surface area (Å²) in [6.45, 7) is 0. The summed E-state index contributed by atoms with van der Waals surface area (Å²) in [7, 11) is 0. The van der Waals surface area contributed by atoms with E-state index in [0.29, 0.717) is 23.2 Å². The van der Waals surface area contributed by atoms with E-state index < -0.39 is 0 Å². The third kappa shape index (κ3) is 3.80. The van der Waals surface area contributed by atoms with Gasteiger partial charge in [0.25, 0.3) is 0 Å². The van der Waals surface area contributed by atoms with E-state index in [1.807, 2.05) is 72.9 Å². The van der Waals surface area contributed by atoms with Crippen molar-refractivity contribution in [1.82, 2.24) is 29.5 Å². The Balaban J connectivity index is 1.25. The van der Waals surface area contributed by atoms with Gasteiger partial charge < -0.3 is 8.98 Å². The fourth-order valence-electron chi connectivity index (χ4n) is 6.03. The third-order valence-corrected chi connectivity index (χ3v) is 8.03. The number of aromatic nitrogens is 6. The predicted molar refractivity (Wildman–Crippen MR) is 173 cm³/mol. The van der Waals surface area contributed by atoms with Crippen molar-refractivity contribution < 1.29 is 4.42 Å². The standard InChI is InChI=1S/C37H22N6O/c1-3-9-23(10-4-1)34-40-35(24-11-5-2-6-12-24)42-36(41-34)25-15-17-26(18-16-25)43-30-14-8-7-13-27(30)28-19-20-31-32(33(28)43)29-21-38-22-39-37(29)44-31/h1-22H. The number of benzene rings is 5. The van der Waals surface area contributed by atoms with Crippen molar-refractivity contribution >= 4 is 43.9 Å². The maximum atomic E-state index is 6.13. The zero-order chi connectivity index (χ0) is 29.0. The molecule has 0 radical (unpaired) electrons. The van der Waals surface area contributed by atoms with Crippen molar-refractivity contribution in [3.05, 3.63) is 134 Å². The summed E-state index contributed by atoms with van der Waals surface area (Å²) in [4.78, 5) is 23.3. The molecule has 0 amide bonds. The van der Waals surface area contributed by atoms with Crippen LogP contribution in [0.5, 0.6) is 0 Å². The molecular weight excluding hydrogens is 544 g/mol. The first-order chi connectivity index (χ1) is 21.8. The first-order valence-electron chi connectivity index (χ1n) is 14.3. The zero-order valence-electron chi connectivity index (χ0n) is 23.3. The molecule has 0 saturated carbocycles.